The first kappa shape index (κ1) is 36.1. The Morgan fingerprint density at radius 1 is 1.02 bits per heavy atom. The maximum absolute atomic E-state index is 14.5. The average Bonchev–Trinajstić information content (AvgIpc) is 3.37. The summed E-state index contributed by atoms with van der Waals surface area (Å²) in [4.78, 5) is 28.0. The van der Waals surface area contributed by atoms with Crippen molar-refractivity contribution in [3.63, 3.8) is 0 Å². The van der Waals surface area contributed by atoms with E-state index in [1.165, 1.54) is 25.3 Å². The molecule has 1 fully saturated rings. The van der Waals surface area contributed by atoms with E-state index in [1.807, 2.05) is 37.4 Å². The van der Waals surface area contributed by atoms with Gasteiger partial charge in [-0.15, -0.1) is 24.0 Å². The summed E-state index contributed by atoms with van der Waals surface area (Å²) >= 11 is 12.4. The van der Waals surface area contributed by atoms with Crippen LogP contribution >= 0.6 is 29.4 Å². The van der Waals surface area contributed by atoms with Crippen LogP contribution in [0, 0.1) is 5.82 Å². The third-order valence-electron chi connectivity index (χ3n) is 8.68. The molecule has 258 valence electrons. The van der Waals surface area contributed by atoms with Crippen LogP contribution in [0.4, 0.5) is 10.1 Å². The van der Waals surface area contributed by atoms with Gasteiger partial charge in [0.05, 0.1) is 32.1 Å². The molecule has 7 nitrogen and oxygen atoms in total. The summed E-state index contributed by atoms with van der Waals surface area (Å²) in [6.07, 6.45) is 4.10. The second-order valence-electron chi connectivity index (χ2n) is 11.8. The summed E-state index contributed by atoms with van der Waals surface area (Å²) < 4.78 is 33.2. The maximum atomic E-state index is 14.5. The van der Waals surface area contributed by atoms with E-state index in [0.29, 0.717) is 36.0 Å². The summed E-state index contributed by atoms with van der Waals surface area (Å²) in [5.41, 5.74) is 5.68. The Labute approximate surface area is 306 Å². The highest BCUT2D eigenvalue weighted by Crippen LogP contribution is 2.53. The van der Waals surface area contributed by atoms with Gasteiger partial charge in [-0.25, -0.2) is 9.18 Å². The monoisotopic (exact) mass is 746 g/mol. The molecule has 4 aromatic rings. The third kappa shape index (κ3) is 7.94. The van der Waals surface area contributed by atoms with Crippen LogP contribution in [-0.2, 0) is 21.3 Å². The van der Waals surface area contributed by atoms with Crippen LogP contribution in [0.2, 0.25) is 0 Å². The molecule has 0 spiro atoms. The first-order chi connectivity index (χ1) is 24.1. The number of methoxy groups -OCH3 is 1. The summed E-state index contributed by atoms with van der Waals surface area (Å²) in [7, 11) is 1.46. The Balaban J connectivity index is 1.18. The van der Waals surface area contributed by atoms with Gasteiger partial charge in [-0.2, -0.15) is 0 Å². The maximum Gasteiger partial charge on any atom is 0.347 e. The number of amides is 1. The number of nitrogens with one attached hydrogen (secondary N) is 1. The zero-order valence-electron chi connectivity index (χ0n) is 27.8. The van der Waals surface area contributed by atoms with Crippen LogP contribution in [0.25, 0.3) is 17.2 Å². The first-order valence-electron chi connectivity index (χ1n) is 15.9. The zero-order chi connectivity index (χ0) is 35.4. The summed E-state index contributed by atoms with van der Waals surface area (Å²) in [6, 6.07) is 24.7. The molecule has 50 heavy (non-hydrogen) atoms. The molecule has 1 unspecified atom stereocenters. The molecule has 0 saturated carbocycles. The van der Waals surface area contributed by atoms with Crippen LogP contribution in [0.1, 0.15) is 40.4 Å². The normalized spacial score (nSPS) is 16.5. The number of halogens is 1. The fourth-order valence-electron chi connectivity index (χ4n) is 6.02. The molecule has 1 saturated heterocycles. The molecule has 0 aromatic heterocycles. The Hall–Kier alpha value is -3.70. The number of fused-ring (bicyclic) bond motifs is 1. The lowest BCUT2D eigenvalue weighted by Crippen LogP contribution is -2.35. The quantitative estimate of drug-likeness (QED) is 0.0552. The lowest BCUT2D eigenvalue weighted by molar-refractivity contribution is -0.115. The lowest BCUT2D eigenvalue weighted by Gasteiger charge is -2.34. The van der Waals surface area contributed by atoms with E-state index < -0.39 is 11.4 Å². The number of morpholine rings is 1. The minimum atomic E-state index is -2.27. The molecule has 1 atom stereocenters. The predicted molar refractivity (Wildman–Crippen MR) is 208 cm³/mol. The van der Waals surface area contributed by atoms with Crippen molar-refractivity contribution in [1.29, 1.82) is 0 Å². The number of thiol groups is 1. The van der Waals surface area contributed by atoms with Gasteiger partial charge in [0.1, 0.15) is 22.9 Å². The van der Waals surface area contributed by atoms with Crippen molar-refractivity contribution in [3.05, 3.63) is 119 Å². The number of thioether (sulfide) groups is 1. The number of allylic oxidation sites excluding steroid dienone is 2. The molecule has 1 heterocycles. The van der Waals surface area contributed by atoms with Crippen LogP contribution < -0.4 is 20.1 Å². The molecule has 2 aliphatic rings. The van der Waals surface area contributed by atoms with Crippen LogP contribution in [0.5, 0.6) is 11.5 Å². The SMILES string of the molecule is COc1ccc(NC(=O)CC2=C(C)/C(=C/c3ccc(SC)cc3)c3ccc(F)cc32)cc1C(=O)Oc1ccc(P(=S)(S)N2CCOCC2)cc1. The second-order valence-corrected chi connectivity index (χ2v) is 18.9. The number of rotatable bonds is 10. The predicted octanol–water partition coefficient (Wildman–Crippen LogP) is 8.33. The van der Waals surface area contributed by atoms with Gasteiger partial charge >= 0.3 is 5.97 Å². The number of carbonyl (C=O) groups is 2. The van der Waals surface area contributed by atoms with Crippen molar-refractivity contribution >= 4 is 81.3 Å². The molecule has 1 aliphatic carbocycles. The number of anilines is 1. The molecular weight excluding hydrogens is 711 g/mol. The summed E-state index contributed by atoms with van der Waals surface area (Å²) in [6.45, 7) is 4.63. The Morgan fingerprint density at radius 2 is 1.74 bits per heavy atom. The van der Waals surface area contributed by atoms with Gasteiger partial charge in [0.2, 0.25) is 5.91 Å². The van der Waals surface area contributed by atoms with Gasteiger partial charge in [-0.3, -0.25) is 9.46 Å². The fraction of sp³-hybridized carbons (Fsp3) is 0.211. The van der Waals surface area contributed by atoms with Crippen LogP contribution in [0.15, 0.2) is 95.4 Å². The van der Waals surface area contributed by atoms with Gasteiger partial charge in [0, 0.05) is 29.0 Å². The number of ether oxygens (including phenoxy) is 3. The van der Waals surface area contributed by atoms with E-state index >= 15 is 0 Å². The van der Waals surface area contributed by atoms with Crippen molar-refractivity contribution in [1.82, 2.24) is 4.67 Å². The van der Waals surface area contributed by atoms with E-state index in [1.54, 1.807) is 42.1 Å². The molecule has 6 rings (SSSR count). The van der Waals surface area contributed by atoms with E-state index in [0.717, 1.165) is 51.1 Å². The van der Waals surface area contributed by atoms with E-state index in [4.69, 9.17) is 38.3 Å². The standard InChI is InChI=1S/C38H36FN2O5PS3/c1-24-32(20-25-4-12-30(50-3)13-5-25)31-14-6-26(39)21-34(31)33(24)23-37(42)40-27-7-15-36(44-2)35(22-27)38(43)46-28-8-10-29(11-9-28)47(48,49)41-16-18-45-19-17-41/h4-15,20-22H,16-19,23H2,1-3H3,(H,40,42)(H,48,49)/b32-20-. The van der Waals surface area contributed by atoms with Crippen LogP contribution in [0.3, 0.4) is 0 Å². The van der Waals surface area contributed by atoms with Crippen molar-refractivity contribution in [2.45, 2.75) is 18.2 Å². The van der Waals surface area contributed by atoms with Gasteiger partial charge < -0.3 is 19.5 Å². The Bertz CT molecular complexity index is 2040. The van der Waals surface area contributed by atoms with Crippen molar-refractivity contribution < 1.29 is 28.2 Å². The fourth-order valence-corrected chi connectivity index (χ4v) is 9.79. The Morgan fingerprint density at radius 3 is 2.42 bits per heavy atom. The minimum Gasteiger partial charge on any atom is -0.496 e. The number of nitrogens with zero attached hydrogens (tertiary/aromatic N) is 1. The number of carbonyl (C=O) groups excluding carboxylic acids is 2. The summed E-state index contributed by atoms with van der Waals surface area (Å²) in [5.74, 6) is -0.715. The van der Waals surface area contributed by atoms with Gasteiger partial charge in [-0.1, -0.05) is 30.0 Å². The molecule has 12 heteroatoms. The third-order valence-corrected chi connectivity index (χ3v) is 14.3. The van der Waals surface area contributed by atoms with Gasteiger partial charge in [0.15, 0.2) is 0 Å². The highest BCUT2D eigenvalue weighted by atomic mass is 32.9. The average molecular weight is 747 g/mol. The zero-order valence-corrected chi connectivity index (χ0v) is 31.2. The molecule has 1 aliphatic heterocycles. The van der Waals surface area contributed by atoms with E-state index in [-0.39, 0.29) is 23.7 Å². The number of esters is 1. The molecule has 1 amide bonds. The van der Waals surface area contributed by atoms with E-state index in [9.17, 15) is 14.0 Å². The molecular formula is C38H36FN2O5PS3. The number of hydrogen-bond donors (Lipinski definition) is 2. The topological polar surface area (TPSA) is 77.1 Å². The molecule has 0 radical (unpaired) electrons. The highest BCUT2D eigenvalue weighted by Gasteiger charge is 2.28. The second kappa shape index (κ2) is 15.7. The largest absolute Gasteiger partial charge is 0.496 e. The molecule has 4 aromatic carbocycles. The lowest BCUT2D eigenvalue weighted by atomic mass is 10.0. The van der Waals surface area contributed by atoms with E-state index in [2.05, 4.69) is 28.2 Å². The number of hydrogen-bond acceptors (Lipinski definition) is 7. The molecule has 0 bridgehead atoms. The smallest absolute Gasteiger partial charge is 0.347 e. The Kier molecular flexibility index (Phi) is 11.3. The minimum absolute atomic E-state index is 0.00575. The van der Waals surface area contributed by atoms with Gasteiger partial charge in [0.25, 0.3) is 0 Å². The first-order valence-corrected chi connectivity index (χ1v) is 21.0. The van der Waals surface area contributed by atoms with Crippen LogP contribution in [-0.4, -0.2) is 56.2 Å². The van der Waals surface area contributed by atoms with Gasteiger partial charge in [-0.05, 0) is 119 Å². The molecule has 1 N–H and O–H groups in total. The van der Waals surface area contributed by atoms with Crippen molar-refractivity contribution in [2.75, 3.05) is 45.0 Å². The van der Waals surface area contributed by atoms with Crippen molar-refractivity contribution in [2.24, 2.45) is 0 Å². The van der Waals surface area contributed by atoms with Crippen molar-refractivity contribution in [3.8, 4) is 11.5 Å². The summed E-state index contributed by atoms with van der Waals surface area (Å²) in [5, 5.41) is 1.52. The number of benzene rings is 4. The highest BCUT2D eigenvalue weighted by molar-refractivity contribution is 8.65.